The van der Waals surface area contributed by atoms with E-state index in [1.807, 2.05) is 47.8 Å². The van der Waals surface area contributed by atoms with Gasteiger partial charge in [0.15, 0.2) is 0 Å². The molecule has 1 N–H and O–H groups in total. The second-order valence-electron chi connectivity index (χ2n) is 6.50. The number of pyridine rings is 1. The normalized spacial score (nSPS) is 13.6. The molecule has 134 valence electrons. The van der Waals surface area contributed by atoms with Gasteiger partial charge in [-0.2, -0.15) is 0 Å². The fraction of sp³-hybridized carbons (Fsp3) is 0.316. The minimum Gasteiger partial charge on any atom is -0.481 e. The van der Waals surface area contributed by atoms with E-state index in [1.54, 1.807) is 13.3 Å². The number of methoxy groups -OCH3 is 1. The Balaban J connectivity index is 1.56. The zero-order chi connectivity index (χ0) is 18.3. The molecule has 0 atom stereocenters. The molecule has 0 spiro atoms. The SMILES string of the molecule is COc1ccc(-c2nc3c([nH]2)CN(C(=O)c2ccn(C)c2C)CC3)cn1. The van der Waals surface area contributed by atoms with Gasteiger partial charge in [-0.05, 0) is 19.1 Å². The van der Waals surface area contributed by atoms with Crippen molar-refractivity contribution in [2.24, 2.45) is 7.05 Å². The van der Waals surface area contributed by atoms with E-state index in [0.29, 0.717) is 19.0 Å². The Hall–Kier alpha value is -3.09. The Morgan fingerprint density at radius 1 is 1.31 bits per heavy atom. The lowest BCUT2D eigenvalue weighted by Gasteiger charge is -2.26. The third kappa shape index (κ3) is 2.75. The van der Waals surface area contributed by atoms with Gasteiger partial charge >= 0.3 is 0 Å². The molecule has 0 saturated carbocycles. The standard InChI is InChI=1S/C19H21N5O2/c1-12-14(6-8-23(12)2)19(25)24-9-7-15-16(11-24)22-18(21-15)13-4-5-17(26-3)20-10-13/h4-6,8,10H,7,9,11H2,1-3H3,(H,21,22). The molecular weight excluding hydrogens is 330 g/mol. The highest BCUT2D eigenvalue weighted by atomic mass is 16.5. The number of rotatable bonds is 3. The molecule has 0 unspecified atom stereocenters. The number of nitrogens with one attached hydrogen (secondary N) is 1. The minimum absolute atomic E-state index is 0.0658. The van der Waals surface area contributed by atoms with Gasteiger partial charge in [0.25, 0.3) is 5.91 Å². The summed E-state index contributed by atoms with van der Waals surface area (Å²) in [5.74, 6) is 1.41. The molecule has 7 nitrogen and oxygen atoms in total. The van der Waals surface area contributed by atoms with Gasteiger partial charge in [-0.1, -0.05) is 0 Å². The Bertz CT molecular complexity index is 955. The number of hydrogen-bond acceptors (Lipinski definition) is 4. The van der Waals surface area contributed by atoms with Crippen molar-refractivity contribution in [3.63, 3.8) is 0 Å². The van der Waals surface area contributed by atoms with Crippen molar-refractivity contribution in [3.05, 3.63) is 53.2 Å². The number of nitrogens with zero attached hydrogens (tertiary/aromatic N) is 4. The first-order valence-electron chi connectivity index (χ1n) is 8.56. The second-order valence-corrected chi connectivity index (χ2v) is 6.50. The summed E-state index contributed by atoms with van der Waals surface area (Å²) in [6.45, 7) is 3.18. The van der Waals surface area contributed by atoms with Gasteiger partial charge in [0.1, 0.15) is 5.82 Å². The summed E-state index contributed by atoms with van der Waals surface area (Å²) in [6, 6.07) is 5.62. The predicted octanol–water partition coefficient (Wildman–Crippen LogP) is 2.33. The summed E-state index contributed by atoms with van der Waals surface area (Å²) in [7, 11) is 3.54. The number of carbonyl (C=O) groups is 1. The maximum Gasteiger partial charge on any atom is 0.256 e. The lowest BCUT2D eigenvalue weighted by Crippen LogP contribution is -2.36. The molecule has 0 aliphatic carbocycles. The van der Waals surface area contributed by atoms with Crippen molar-refractivity contribution in [2.75, 3.05) is 13.7 Å². The molecule has 3 aromatic heterocycles. The lowest BCUT2D eigenvalue weighted by atomic mass is 10.1. The van der Waals surface area contributed by atoms with Crippen molar-refractivity contribution in [3.8, 4) is 17.3 Å². The van der Waals surface area contributed by atoms with Crippen LogP contribution in [0, 0.1) is 6.92 Å². The first-order chi connectivity index (χ1) is 12.6. The van der Waals surface area contributed by atoms with Crippen molar-refractivity contribution in [1.29, 1.82) is 0 Å². The number of ether oxygens (including phenoxy) is 1. The number of aryl methyl sites for hydroxylation is 1. The average molecular weight is 351 g/mol. The fourth-order valence-corrected chi connectivity index (χ4v) is 3.25. The number of imidazole rings is 1. The van der Waals surface area contributed by atoms with E-state index in [9.17, 15) is 4.79 Å². The number of hydrogen-bond donors (Lipinski definition) is 1. The Morgan fingerprint density at radius 2 is 2.15 bits per heavy atom. The summed E-state index contributed by atoms with van der Waals surface area (Å²) in [6.07, 6.45) is 4.40. The van der Waals surface area contributed by atoms with Crippen molar-refractivity contribution < 1.29 is 9.53 Å². The molecule has 1 amide bonds. The van der Waals surface area contributed by atoms with E-state index in [-0.39, 0.29) is 5.91 Å². The predicted molar refractivity (Wildman–Crippen MR) is 97.0 cm³/mol. The van der Waals surface area contributed by atoms with Crippen LogP contribution in [-0.4, -0.2) is 44.0 Å². The van der Waals surface area contributed by atoms with Crippen LogP contribution in [0.25, 0.3) is 11.4 Å². The van der Waals surface area contributed by atoms with Crippen LogP contribution in [-0.2, 0) is 20.0 Å². The molecule has 0 fully saturated rings. The quantitative estimate of drug-likeness (QED) is 0.786. The van der Waals surface area contributed by atoms with Crippen LogP contribution in [0.1, 0.15) is 27.4 Å². The van der Waals surface area contributed by atoms with Crippen LogP contribution in [0.5, 0.6) is 5.88 Å². The summed E-state index contributed by atoms with van der Waals surface area (Å²) in [5.41, 5.74) is 4.65. The molecule has 1 aliphatic heterocycles. The molecule has 0 bridgehead atoms. The smallest absolute Gasteiger partial charge is 0.256 e. The van der Waals surface area contributed by atoms with Crippen LogP contribution in [0.4, 0.5) is 0 Å². The van der Waals surface area contributed by atoms with E-state index in [1.165, 1.54) is 0 Å². The third-order valence-corrected chi connectivity index (χ3v) is 4.95. The van der Waals surface area contributed by atoms with Gasteiger partial charge in [-0.15, -0.1) is 0 Å². The van der Waals surface area contributed by atoms with Crippen molar-refractivity contribution >= 4 is 5.91 Å². The van der Waals surface area contributed by atoms with Gasteiger partial charge in [0, 0.05) is 49.7 Å². The largest absolute Gasteiger partial charge is 0.481 e. The highest BCUT2D eigenvalue weighted by Crippen LogP contribution is 2.24. The highest BCUT2D eigenvalue weighted by molar-refractivity contribution is 5.95. The topological polar surface area (TPSA) is 76.0 Å². The summed E-state index contributed by atoms with van der Waals surface area (Å²) in [4.78, 5) is 27.0. The first-order valence-corrected chi connectivity index (χ1v) is 8.56. The van der Waals surface area contributed by atoms with Gasteiger partial charge in [-0.3, -0.25) is 4.79 Å². The molecule has 4 heterocycles. The van der Waals surface area contributed by atoms with Crippen molar-refractivity contribution in [1.82, 2.24) is 24.4 Å². The van der Waals surface area contributed by atoms with E-state index in [2.05, 4.69) is 15.0 Å². The number of fused-ring (bicyclic) bond motifs is 1. The van der Waals surface area contributed by atoms with Crippen LogP contribution in [0.2, 0.25) is 0 Å². The number of amides is 1. The van der Waals surface area contributed by atoms with E-state index < -0.39 is 0 Å². The van der Waals surface area contributed by atoms with Crippen LogP contribution >= 0.6 is 0 Å². The summed E-state index contributed by atoms with van der Waals surface area (Å²) >= 11 is 0. The van der Waals surface area contributed by atoms with Gasteiger partial charge in [0.2, 0.25) is 5.88 Å². The molecule has 0 saturated heterocycles. The summed E-state index contributed by atoms with van der Waals surface area (Å²) < 4.78 is 7.06. The van der Waals surface area contributed by atoms with Crippen LogP contribution < -0.4 is 4.74 Å². The molecule has 1 aliphatic rings. The molecule has 0 aromatic carbocycles. The van der Waals surface area contributed by atoms with Crippen molar-refractivity contribution in [2.45, 2.75) is 19.9 Å². The van der Waals surface area contributed by atoms with E-state index in [4.69, 9.17) is 4.74 Å². The maximum atomic E-state index is 12.8. The number of aromatic amines is 1. The van der Waals surface area contributed by atoms with E-state index in [0.717, 1.165) is 40.5 Å². The fourth-order valence-electron chi connectivity index (χ4n) is 3.25. The van der Waals surface area contributed by atoms with Gasteiger partial charge in [0.05, 0.1) is 30.6 Å². The first kappa shape index (κ1) is 16.4. The number of carbonyl (C=O) groups excluding carboxylic acids is 1. The zero-order valence-corrected chi connectivity index (χ0v) is 15.1. The minimum atomic E-state index is 0.0658. The molecule has 3 aromatic rings. The average Bonchev–Trinajstić information content (AvgIpc) is 3.24. The summed E-state index contributed by atoms with van der Waals surface area (Å²) in [5, 5.41) is 0. The van der Waals surface area contributed by atoms with Crippen LogP contribution in [0.15, 0.2) is 30.6 Å². The Morgan fingerprint density at radius 3 is 2.81 bits per heavy atom. The second kappa shape index (κ2) is 6.33. The number of aromatic nitrogens is 4. The monoisotopic (exact) mass is 351 g/mol. The van der Waals surface area contributed by atoms with E-state index >= 15 is 0 Å². The molecule has 4 rings (SSSR count). The Labute approximate surface area is 151 Å². The molecule has 26 heavy (non-hydrogen) atoms. The highest BCUT2D eigenvalue weighted by Gasteiger charge is 2.26. The van der Waals surface area contributed by atoms with Crippen LogP contribution in [0.3, 0.4) is 0 Å². The lowest BCUT2D eigenvalue weighted by molar-refractivity contribution is 0.0731. The number of H-pyrrole nitrogens is 1. The molecule has 7 heteroatoms. The third-order valence-electron chi connectivity index (χ3n) is 4.95. The molecular formula is C19H21N5O2. The molecule has 0 radical (unpaired) electrons. The Kier molecular flexibility index (Phi) is 3.99. The van der Waals surface area contributed by atoms with Gasteiger partial charge < -0.3 is 19.2 Å². The zero-order valence-electron chi connectivity index (χ0n) is 15.1. The maximum absolute atomic E-state index is 12.8. The van der Waals surface area contributed by atoms with Gasteiger partial charge in [-0.25, -0.2) is 9.97 Å².